The smallest absolute Gasteiger partial charge is 0.306 e. The molecular formula is C19H17N3O3S. The van der Waals surface area contributed by atoms with E-state index in [-0.39, 0.29) is 18.7 Å². The molecule has 1 aromatic carbocycles. The summed E-state index contributed by atoms with van der Waals surface area (Å²) in [7, 11) is 1.30. The molecule has 1 N–H and O–H groups in total. The minimum absolute atomic E-state index is 0.0581. The number of methoxy groups -OCH3 is 1. The van der Waals surface area contributed by atoms with Gasteiger partial charge in [0.2, 0.25) is 5.91 Å². The van der Waals surface area contributed by atoms with E-state index in [4.69, 9.17) is 0 Å². The first-order chi connectivity index (χ1) is 12.7. The lowest BCUT2D eigenvalue weighted by Gasteiger charge is -2.06. The Hall–Kier alpha value is -3.06. The van der Waals surface area contributed by atoms with E-state index in [0.29, 0.717) is 5.69 Å². The lowest BCUT2D eigenvalue weighted by atomic mass is 10.1. The number of ether oxygens (including phenoxy) is 1. The fraction of sp³-hybridized carbons (Fsp3) is 0.158. The highest BCUT2D eigenvalue weighted by Crippen LogP contribution is 2.29. The molecule has 132 valence electrons. The Morgan fingerprint density at radius 2 is 2.00 bits per heavy atom. The van der Waals surface area contributed by atoms with Crippen molar-refractivity contribution in [2.24, 2.45) is 0 Å². The van der Waals surface area contributed by atoms with Crippen molar-refractivity contribution in [2.75, 3.05) is 12.4 Å². The van der Waals surface area contributed by atoms with E-state index in [1.807, 2.05) is 35.7 Å². The number of carbonyl (C=O) groups is 2. The van der Waals surface area contributed by atoms with Crippen LogP contribution in [0, 0.1) is 0 Å². The Morgan fingerprint density at radius 3 is 2.77 bits per heavy atom. The zero-order chi connectivity index (χ0) is 18.4. The Morgan fingerprint density at radius 1 is 1.15 bits per heavy atom. The maximum Gasteiger partial charge on any atom is 0.306 e. The quantitative estimate of drug-likeness (QED) is 0.671. The van der Waals surface area contributed by atoms with Gasteiger partial charge in [0.05, 0.1) is 19.2 Å². The predicted molar refractivity (Wildman–Crippen MR) is 101 cm³/mol. The van der Waals surface area contributed by atoms with Gasteiger partial charge in [-0.25, -0.2) is 4.98 Å². The molecular weight excluding hydrogens is 350 g/mol. The van der Waals surface area contributed by atoms with Crippen LogP contribution in [0.4, 0.5) is 5.69 Å². The van der Waals surface area contributed by atoms with Crippen molar-refractivity contribution in [1.82, 2.24) is 9.97 Å². The fourth-order valence-electron chi connectivity index (χ4n) is 2.33. The van der Waals surface area contributed by atoms with Gasteiger partial charge in [-0.2, -0.15) is 0 Å². The molecule has 0 radical (unpaired) electrons. The number of esters is 1. The Kier molecular flexibility index (Phi) is 5.70. The average Bonchev–Trinajstić information content (AvgIpc) is 3.17. The largest absolute Gasteiger partial charge is 0.469 e. The molecule has 0 spiro atoms. The van der Waals surface area contributed by atoms with E-state index in [1.165, 1.54) is 7.11 Å². The second-order valence-electron chi connectivity index (χ2n) is 5.48. The molecule has 2 heterocycles. The number of aromatic nitrogens is 2. The summed E-state index contributed by atoms with van der Waals surface area (Å²) in [4.78, 5) is 31.8. The summed E-state index contributed by atoms with van der Waals surface area (Å²) in [5.41, 5.74) is 3.37. The van der Waals surface area contributed by atoms with Gasteiger partial charge >= 0.3 is 5.97 Å². The maximum atomic E-state index is 11.9. The van der Waals surface area contributed by atoms with Gasteiger partial charge in [0.25, 0.3) is 0 Å². The fourth-order valence-corrected chi connectivity index (χ4v) is 3.15. The number of amides is 1. The van der Waals surface area contributed by atoms with Gasteiger partial charge < -0.3 is 10.1 Å². The summed E-state index contributed by atoms with van der Waals surface area (Å²) in [6.07, 6.45) is 3.65. The first-order valence-corrected chi connectivity index (χ1v) is 8.86. The first kappa shape index (κ1) is 17.8. The van der Waals surface area contributed by atoms with Crippen LogP contribution in [0.1, 0.15) is 12.8 Å². The van der Waals surface area contributed by atoms with Crippen molar-refractivity contribution in [1.29, 1.82) is 0 Å². The van der Waals surface area contributed by atoms with Crippen LogP contribution in [-0.4, -0.2) is 29.0 Å². The molecule has 0 aliphatic carbocycles. The van der Waals surface area contributed by atoms with E-state index >= 15 is 0 Å². The molecule has 3 aromatic rings. The number of hydrogen-bond donors (Lipinski definition) is 1. The van der Waals surface area contributed by atoms with Gasteiger partial charge in [0, 0.05) is 41.0 Å². The Labute approximate surface area is 154 Å². The van der Waals surface area contributed by atoms with Crippen molar-refractivity contribution in [2.45, 2.75) is 12.8 Å². The third-order valence-corrected chi connectivity index (χ3v) is 4.53. The van der Waals surface area contributed by atoms with Crippen LogP contribution in [0.15, 0.2) is 54.2 Å². The normalized spacial score (nSPS) is 10.3. The topological polar surface area (TPSA) is 81.2 Å². The number of rotatable bonds is 6. The summed E-state index contributed by atoms with van der Waals surface area (Å²) in [6, 6.07) is 11.3. The van der Waals surface area contributed by atoms with Crippen molar-refractivity contribution < 1.29 is 14.3 Å². The average molecular weight is 367 g/mol. The number of benzene rings is 1. The molecule has 0 atom stereocenters. The summed E-state index contributed by atoms with van der Waals surface area (Å²) >= 11 is 1.54. The van der Waals surface area contributed by atoms with Crippen LogP contribution in [-0.2, 0) is 14.3 Å². The van der Waals surface area contributed by atoms with Gasteiger partial charge in [-0.05, 0) is 24.3 Å². The number of hydrogen-bond acceptors (Lipinski definition) is 6. The molecule has 7 heteroatoms. The summed E-state index contributed by atoms with van der Waals surface area (Å²) in [6.45, 7) is 0. The standard InChI is InChI=1S/C19H17N3O3S/c1-25-18(24)8-7-17(23)21-15-6-2-4-13(10-15)16-12-26-19(22-16)14-5-3-9-20-11-14/h2-6,9-12H,7-8H2,1H3,(H,21,23). The minimum Gasteiger partial charge on any atom is -0.469 e. The predicted octanol–water partition coefficient (Wildman–Crippen LogP) is 3.76. The lowest BCUT2D eigenvalue weighted by molar-refractivity contribution is -0.141. The van der Waals surface area contributed by atoms with Crippen molar-refractivity contribution in [3.05, 3.63) is 54.2 Å². The second kappa shape index (κ2) is 8.35. The summed E-state index contributed by atoms with van der Waals surface area (Å²) in [5.74, 6) is -0.638. The van der Waals surface area contributed by atoms with Gasteiger partial charge in [-0.15, -0.1) is 11.3 Å². The number of pyridine rings is 1. The number of carbonyl (C=O) groups excluding carboxylic acids is 2. The van der Waals surface area contributed by atoms with Gasteiger partial charge in [-0.1, -0.05) is 12.1 Å². The number of anilines is 1. The zero-order valence-corrected chi connectivity index (χ0v) is 15.0. The molecule has 1 amide bonds. The van der Waals surface area contributed by atoms with Gasteiger partial charge in [0.1, 0.15) is 5.01 Å². The maximum absolute atomic E-state index is 11.9. The summed E-state index contributed by atoms with van der Waals surface area (Å²) < 4.78 is 4.54. The van der Waals surface area contributed by atoms with Crippen LogP contribution in [0.5, 0.6) is 0 Å². The van der Waals surface area contributed by atoms with Crippen LogP contribution in [0.2, 0.25) is 0 Å². The zero-order valence-electron chi connectivity index (χ0n) is 14.1. The Bertz CT molecular complexity index is 909. The molecule has 0 aliphatic rings. The van der Waals surface area contributed by atoms with Crippen LogP contribution >= 0.6 is 11.3 Å². The molecule has 0 fully saturated rings. The number of nitrogens with zero attached hydrogens (tertiary/aromatic N) is 2. The SMILES string of the molecule is COC(=O)CCC(=O)Nc1cccc(-c2csc(-c3cccnc3)n2)c1. The van der Waals surface area contributed by atoms with E-state index in [1.54, 1.807) is 29.8 Å². The third-order valence-electron chi connectivity index (χ3n) is 3.64. The highest BCUT2D eigenvalue weighted by atomic mass is 32.1. The van der Waals surface area contributed by atoms with Gasteiger partial charge in [-0.3, -0.25) is 14.6 Å². The molecule has 0 bridgehead atoms. The number of thiazole rings is 1. The molecule has 3 rings (SSSR count). The van der Waals surface area contributed by atoms with E-state index in [2.05, 4.69) is 20.0 Å². The highest BCUT2D eigenvalue weighted by molar-refractivity contribution is 7.13. The van der Waals surface area contributed by atoms with Crippen LogP contribution in [0.3, 0.4) is 0 Å². The van der Waals surface area contributed by atoms with E-state index < -0.39 is 5.97 Å². The molecule has 2 aromatic heterocycles. The lowest BCUT2D eigenvalue weighted by Crippen LogP contribution is -2.13. The van der Waals surface area contributed by atoms with E-state index in [9.17, 15) is 9.59 Å². The molecule has 0 unspecified atom stereocenters. The van der Waals surface area contributed by atoms with Crippen molar-refractivity contribution in [3.63, 3.8) is 0 Å². The molecule has 26 heavy (non-hydrogen) atoms. The molecule has 6 nitrogen and oxygen atoms in total. The van der Waals surface area contributed by atoms with Crippen LogP contribution in [0.25, 0.3) is 21.8 Å². The first-order valence-electron chi connectivity index (χ1n) is 7.99. The van der Waals surface area contributed by atoms with Crippen LogP contribution < -0.4 is 5.32 Å². The molecule has 0 saturated carbocycles. The van der Waals surface area contributed by atoms with Crippen molar-refractivity contribution in [3.8, 4) is 21.8 Å². The minimum atomic E-state index is -0.403. The van der Waals surface area contributed by atoms with E-state index in [0.717, 1.165) is 21.8 Å². The second-order valence-corrected chi connectivity index (χ2v) is 6.34. The third kappa shape index (κ3) is 4.52. The Balaban J connectivity index is 1.71. The number of nitrogens with one attached hydrogen (secondary N) is 1. The molecule has 0 saturated heterocycles. The monoisotopic (exact) mass is 367 g/mol. The van der Waals surface area contributed by atoms with Gasteiger partial charge in [0.15, 0.2) is 0 Å². The van der Waals surface area contributed by atoms with Crippen molar-refractivity contribution >= 4 is 28.9 Å². The highest BCUT2D eigenvalue weighted by Gasteiger charge is 2.10. The molecule has 0 aliphatic heterocycles. The summed E-state index contributed by atoms with van der Waals surface area (Å²) in [5, 5.41) is 5.65.